The van der Waals surface area contributed by atoms with E-state index in [0.717, 1.165) is 25.2 Å². The number of benzene rings is 1. The van der Waals surface area contributed by atoms with Gasteiger partial charge < -0.3 is 20.7 Å². The number of carbonyl (C=O) groups is 2. The minimum atomic E-state index is -0.356. The average molecular weight is 385 g/mol. The Morgan fingerprint density at radius 2 is 1.93 bits per heavy atom. The number of rotatable bonds is 8. The second kappa shape index (κ2) is 11.1. The molecule has 0 atom stereocenters. The summed E-state index contributed by atoms with van der Waals surface area (Å²) < 4.78 is 4.95. The zero-order chi connectivity index (χ0) is 20.4. The number of piperazine rings is 1. The first-order chi connectivity index (χ1) is 13.6. The zero-order valence-electron chi connectivity index (χ0n) is 16.2. The molecular weight excluding hydrogens is 358 g/mol. The minimum absolute atomic E-state index is 0.0791. The molecule has 1 fully saturated rings. The number of nitrogens with two attached hydrogens (primary N) is 1. The second-order valence-electron chi connectivity index (χ2n) is 6.39. The Kier molecular flexibility index (Phi) is 8.46. The summed E-state index contributed by atoms with van der Waals surface area (Å²) in [5.74, 6) is -0.620. The Labute approximate surface area is 165 Å². The first-order valence-corrected chi connectivity index (χ1v) is 9.40. The van der Waals surface area contributed by atoms with Gasteiger partial charge in [-0.1, -0.05) is 12.1 Å². The zero-order valence-corrected chi connectivity index (χ0v) is 16.2. The number of amides is 1. The number of nitrogens with zero attached hydrogens (tertiary/aromatic N) is 3. The summed E-state index contributed by atoms with van der Waals surface area (Å²) in [6.07, 6.45) is 1.45. The van der Waals surface area contributed by atoms with Crippen molar-refractivity contribution in [3.63, 3.8) is 0 Å². The van der Waals surface area contributed by atoms with Gasteiger partial charge in [0, 0.05) is 52.0 Å². The highest BCUT2D eigenvalue weighted by molar-refractivity contribution is 5.97. The molecule has 1 heterocycles. The number of ether oxygens (including phenoxy) is 1. The Hall–Kier alpha value is -2.89. The van der Waals surface area contributed by atoms with Crippen LogP contribution in [-0.2, 0) is 16.1 Å². The maximum atomic E-state index is 12.5. The van der Waals surface area contributed by atoms with Crippen LogP contribution >= 0.6 is 0 Å². The summed E-state index contributed by atoms with van der Waals surface area (Å²) in [6, 6.07) is 8.96. The van der Waals surface area contributed by atoms with Crippen molar-refractivity contribution in [3.8, 4) is 6.07 Å². The van der Waals surface area contributed by atoms with Crippen LogP contribution in [0.2, 0.25) is 0 Å². The second-order valence-corrected chi connectivity index (χ2v) is 6.39. The van der Waals surface area contributed by atoms with E-state index in [4.69, 9.17) is 10.5 Å². The summed E-state index contributed by atoms with van der Waals surface area (Å²) >= 11 is 0. The molecule has 1 amide bonds. The van der Waals surface area contributed by atoms with Crippen molar-refractivity contribution in [2.24, 2.45) is 5.73 Å². The predicted molar refractivity (Wildman–Crippen MR) is 105 cm³/mol. The summed E-state index contributed by atoms with van der Waals surface area (Å²) in [5, 5.41) is 12.3. The van der Waals surface area contributed by atoms with Crippen LogP contribution < -0.4 is 11.1 Å². The Balaban J connectivity index is 1.87. The molecule has 0 radical (unpaired) electrons. The summed E-state index contributed by atoms with van der Waals surface area (Å²) in [7, 11) is 0. The maximum absolute atomic E-state index is 12.5. The first-order valence-electron chi connectivity index (χ1n) is 9.40. The fourth-order valence-electron chi connectivity index (χ4n) is 2.91. The molecule has 8 nitrogen and oxygen atoms in total. The molecular formula is C20H27N5O3. The Morgan fingerprint density at radius 1 is 1.25 bits per heavy atom. The van der Waals surface area contributed by atoms with Gasteiger partial charge in [-0.2, -0.15) is 5.26 Å². The van der Waals surface area contributed by atoms with Crippen LogP contribution in [0.3, 0.4) is 0 Å². The number of esters is 1. The standard InChI is InChI=1S/C20H27N5O3/c1-2-28-20(27)17-5-3-16(4-6-17)14-23-15-18(13-22)19(26)25-11-9-24(8-7-21)10-12-25/h3-6,15,23H,2,7-12,14,21H2,1H3/b18-15-. The molecule has 0 unspecified atom stereocenters. The maximum Gasteiger partial charge on any atom is 0.338 e. The van der Waals surface area contributed by atoms with Crippen LogP contribution in [0.1, 0.15) is 22.8 Å². The normalized spacial score (nSPS) is 15.0. The van der Waals surface area contributed by atoms with Crippen LogP contribution in [0.15, 0.2) is 36.0 Å². The number of nitrogens with one attached hydrogen (secondary N) is 1. The Morgan fingerprint density at radius 3 is 2.50 bits per heavy atom. The van der Waals surface area contributed by atoms with E-state index >= 15 is 0 Å². The highest BCUT2D eigenvalue weighted by atomic mass is 16.5. The number of carbonyl (C=O) groups excluding carboxylic acids is 2. The summed E-state index contributed by atoms with van der Waals surface area (Å²) in [5.41, 5.74) is 7.05. The molecule has 1 aliphatic heterocycles. The van der Waals surface area contributed by atoms with Crippen LogP contribution in [0.5, 0.6) is 0 Å². The van der Waals surface area contributed by atoms with Gasteiger partial charge in [-0.05, 0) is 24.6 Å². The lowest BCUT2D eigenvalue weighted by Crippen LogP contribution is -2.50. The molecule has 1 saturated heterocycles. The van der Waals surface area contributed by atoms with Gasteiger partial charge in [-0.25, -0.2) is 4.79 Å². The van der Waals surface area contributed by atoms with E-state index in [9.17, 15) is 14.9 Å². The number of hydrogen-bond donors (Lipinski definition) is 2. The third-order valence-electron chi connectivity index (χ3n) is 4.47. The van der Waals surface area contributed by atoms with Crippen LogP contribution in [0.4, 0.5) is 0 Å². The van der Waals surface area contributed by atoms with Gasteiger partial charge >= 0.3 is 5.97 Å². The van der Waals surface area contributed by atoms with E-state index in [2.05, 4.69) is 10.2 Å². The van der Waals surface area contributed by atoms with E-state index in [1.165, 1.54) is 6.20 Å². The molecule has 150 valence electrons. The van der Waals surface area contributed by atoms with Gasteiger partial charge in [0.15, 0.2) is 0 Å². The molecule has 0 spiro atoms. The van der Waals surface area contributed by atoms with Crippen molar-refractivity contribution in [1.29, 1.82) is 5.26 Å². The lowest BCUT2D eigenvalue weighted by atomic mass is 10.1. The van der Waals surface area contributed by atoms with E-state index < -0.39 is 0 Å². The SMILES string of the molecule is CCOC(=O)c1ccc(CN/C=C(/C#N)C(=O)N2CCN(CCN)CC2)cc1. The van der Waals surface area contributed by atoms with Gasteiger partial charge in [0.1, 0.15) is 11.6 Å². The fraction of sp³-hybridized carbons (Fsp3) is 0.450. The molecule has 0 aromatic heterocycles. The van der Waals surface area contributed by atoms with Gasteiger partial charge in [-0.15, -0.1) is 0 Å². The van der Waals surface area contributed by atoms with E-state index in [0.29, 0.717) is 38.3 Å². The van der Waals surface area contributed by atoms with Crippen molar-refractivity contribution in [1.82, 2.24) is 15.1 Å². The van der Waals surface area contributed by atoms with Gasteiger partial charge in [0.2, 0.25) is 0 Å². The molecule has 1 aliphatic rings. The molecule has 3 N–H and O–H groups in total. The lowest BCUT2D eigenvalue weighted by molar-refractivity contribution is -0.128. The van der Waals surface area contributed by atoms with Crippen molar-refractivity contribution in [3.05, 3.63) is 47.2 Å². The van der Waals surface area contributed by atoms with Gasteiger partial charge in [0.25, 0.3) is 5.91 Å². The van der Waals surface area contributed by atoms with Crippen molar-refractivity contribution >= 4 is 11.9 Å². The summed E-state index contributed by atoms with van der Waals surface area (Å²) in [6.45, 7) is 6.66. The Bertz CT molecular complexity index is 731. The lowest BCUT2D eigenvalue weighted by Gasteiger charge is -2.34. The molecule has 0 aliphatic carbocycles. The molecule has 0 saturated carbocycles. The monoisotopic (exact) mass is 385 g/mol. The van der Waals surface area contributed by atoms with Crippen molar-refractivity contribution in [2.45, 2.75) is 13.5 Å². The molecule has 1 aromatic rings. The average Bonchev–Trinajstić information content (AvgIpc) is 2.72. The topological polar surface area (TPSA) is 112 Å². The van der Waals surface area contributed by atoms with Crippen LogP contribution in [0, 0.1) is 11.3 Å². The number of nitriles is 1. The molecule has 1 aromatic carbocycles. The molecule has 28 heavy (non-hydrogen) atoms. The van der Waals surface area contributed by atoms with Crippen molar-refractivity contribution in [2.75, 3.05) is 45.9 Å². The predicted octanol–water partition coefficient (Wildman–Crippen LogP) is 0.463. The highest BCUT2D eigenvalue weighted by Crippen LogP contribution is 2.08. The van der Waals surface area contributed by atoms with Gasteiger partial charge in [-0.3, -0.25) is 9.69 Å². The van der Waals surface area contributed by atoms with E-state index in [-0.39, 0.29) is 17.4 Å². The smallest absolute Gasteiger partial charge is 0.338 e. The van der Waals surface area contributed by atoms with Crippen LogP contribution in [-0.4, -0.2) is 67.6 Å². The third kappa shape index (κ3) is 6.08. The molecule has 0 bridgehead atoms. The van der Waals surface area contributed by atoms with E-state index in [1.54, 1.807) is 36.1 Å². The fourth-order valence-corrected chi connectivity index (χ4v) is 2.91. The van der Waals surface area contributed by atoms with Gasteiger partial charge in [0.05, 0.1) is 12.2 Å². The quantitative estimate of drug-likeness (QED) is 0.380. The summed E-state index contributed by atoms with van der Waals surface area (Å²) in [4.78, 5) is 28.1. The highest BCUT2D eigenvalue weighted by Gasteiger charge is 2.23. The minimum Gasteiger partial charge on any atom is -0.462 e. The van der Waals surface area contributed by atoms with E-state index in [1.807, 2.05) is 6.07 Å². The van der Waals surface area contributed by atoms with Crippen LogP contribution in [0.25, 0.3) is 0 Å². The molecule has 2 rings (SSSR count). The van der Waals surface area contributed by atoms with Crippen molar-refractivity contribution < 1.29 is 14.3 Å². The first kappa shape index (κ1) is 21.4. The molecule has 8 heteroatoms. The largest absolute Gasteiger partial charge is 0.462 e. The third-order valence-corrected chi connectivity index (χ3v) is 4.47. The number of hydrogen-bond acceptors (Lipinski definition) is 7.